The first-order valence-electron chi connectivity index (χ1n) is 8.28. The molecule has 0 bridgehead atoms. The van der Waals surface area contributed by atoms with E-state index in [0.29, 0.717) is 0 Å². The van der Waals surface area contributed by atoms with Crippen molar-refractivity contribution in [1.29, 1.82) is 0 Å². The quantitative estimate of drug-likeness (QED) is 0.576. The first kappa shape index (κ1) is 20.2. The molecule has 0 saturated heterocycles. The monoisotopic (exact) mass is 376 g/mol. The van der Waals surface area contributed by atoms with Crippen molar-refractivity contribution in [2.24, 2.45) is 0 Å². The van der Waals surface area contributed by atoms with E-state index in [1.165, 1.54) is 18.2 Å². The highest BCUT2D eigenvalue weighted by molar-refractivity contribution is 5.91. The molecule has 0 aliphatic carbocycles. The molecule has 2 aromatic carbocycles. The van der Waals surface area contributed by atoms with Gasteiger partial charge in [-0.05, 0) is 29.3 Å². The molecule has 0 spiro atoms. The summed E-state index contributed by atoms with van der Waals surface area (Å²) >= 11 is 0. The summed E-state index contributed by atoms with van der Waals surface area (Å²) in [7, 11) is 0. The Balaban J connectivity index is 1.72. The fourth-order valence-corrected chi connectivity index (χ4v) is 2.28. The third kappa shape index (κ3) is 7.35. The van der Waals surface area contributed by atoms with Gasteiger partial charge >= 0.3 is 6.18 Å². The Hall–Kier alpha value is -3.09. The number of benzene rings is 2. The number of hydrogen-bond acceptors (Lipinski definition) is 2. The van der Waals surface area contributed by atoms with Crippen molar-refractivity contribution in [1.82, 2.24) is 10.6 Å². The van der Waals surface area contributed by atoms with Gasteiger partial charge in [0.25, 0.3) is 0 Å². The van der Waals surface area contributed by atoms with Crippen molar-refractivity contribution in [3.8, 4) is 0 Å². The highest BCUT2D eigenvalue weighted by atomic mass is 19.4. The molecule has 2 amide bonds. The minimum atomic E-state index is -4.43. The van der Waals surface area contributed by atoms with Crippen LogP contribution in [0.2, 0.25) is 0 Å². The van der Waals surface area contributed by atoms with Crippen LogP contribution in [0.15, 0.2) is 60.7 Å². The van der Waals surface area contributed by atoms with E-state index >= 15 is 0 Å². The number of carbonyl (C=O) groups excluding carboxylic acids is 2. The van der Waals surface area contributed by atoms with Crippen LogP contribution in [0, 0.1) is 0 Å². The summed E-state index contributed by atoms with van der Waals surface area (Å²) in [5.74, 6) is -0.611. The molecule has 0 fully saturated rings. The van der Waals surface area contributed by atoms with E-state index in [1.807, 2.05) is 30.3 Å². The Morgan fingerprint density at radius 2 is 1.63 bits per heavy atom. The summed E-state index contributed by atoms with van der Waals surface area (Å²) in [5.41, 5.74) is 0.394. The standard InChI is InChI=1S/C20H19F3N2O2/c21-20(22,23)17-8-4-7-16(13-17)9-10-18(26)24-11-12-25-19(27)14-15-5-2-1-3-6-15/h1-10,13H,11-12,14H2,(H,24,26)(H,25,27)/b10-9+. The van der Waals surface area contributed by atoms with E-state index in [1.54, 1.807) is 0 Å². The fourth-order valence-electron chi connectivity index (χ4n) is 2.28. The van der Waals surface area contributed by atoms with Gasteiger partial charge in [0.1, 0.15) is 0 Å². The summed E-state index contributed by atoms with van der Waals surface area (Å²) in [5, 5.41) is 5.24. The van der Waals surface area contributed by atoms with Gasteiger partial charge in [0.05, 0.1) is 12.0 Å². The topological polar surface area (TPSA) is 58.2 Å². The Bertz CT molecular complexity index is 802. The van der Waals surface area contributed by atoms with Crippen LogP contribution in [0.3, 0.4) is 0 Å². The van der Waals surface area contributed by atoms with Gasteiger partial charge in [-0.15, -0.1) is 0 Å². The molecule has 2 aromatic rings. The van der Waals surface area contributed by atoms with Crippen LogP contribution in [0.4, 0.5) is 13.2 Å². The van der Waals surface area contributed by atoms with Gasteiger partial charge in [-0.1, -0.05) is 42.5 Å². The fraction of sp³-hybridized carbons (Fsp3) is 0.200. The van der Waals surface area contributed by atoms with Crippen molar-refractivity contribution in [3.05, 3.63) is 77.4 Å². The summed E-state index contributed by atoms with van der Waals surface area (Å²) in [6, 6.07) is 13.9. The maximum atomic E-state index is 12.6. The number of hydrogen-bond donors (Lipinski definition) is 2. The molecule has 0 atom stereocenters. The highest BCUT2D eigenvalue weighted by Crippen LogP contribution is 2.29. The third-order valence-electron chi connectivity index (χ3n) is 3.60. The molecule has 0 aliphatic heterocycles. The molecule has 2 rings (SSSR count). The molecule has 0 saturated carbocycles. The van der Waals surface area contributed by atoms with Gasteiger partial charge in [-0.25, -0.2) is 0 Å². The van der Waals surface area contributed by atoms with Crippen LogP contribution < -0.4 is 10.6 Å². The van der Waals surface area contributed by atoms with E-state index in [9.17, 15) is 22.8 Å². The van der Waals surface area contributed by atoms with E-state index in [4.69, 9.17) is 0 Å². The maximum absolute atomic E-state index is 12.6. The molecule has 0 heterocycles. The molecule has 27 heavy (non-hydrogen) atoms. The predicted octanol–water partition coefficient (Wildman–Crippen LogP) is 3.19. The molecule has 0 unspecified atom stereocenters. The molecule has 2 N–H and O–H groups in total. The molecular formula is C20H19F3N2O2. The van der Waals surface area contributed by atoms with Gasteiger partial charge < -0.3 is 10.6 Å². The zero-order valence-corrected chi connectivity index (χ0v) is 14.4. The number of carbonyl (C=O) groups is 2. The second-order valence-electron chi connectivity index (χ2n) is 5.76. The first-order chi connectivity index (χ1) is 12.8. The normalized spacial score (nSPS) is 11.4. The predicted molar refractivity (Wildman–Crippen MR) is 96.6 cm³/mol. The van der Waals surface area contributed by atoms with Gasteiger partial charge in [-0.3, -0.25) is 9.59 Å². The van der Waals surface area contributed by atoms with Gasteiger partial charge in [0, 0.05) is 19.2 Å². The number of rotatable bonds is 7. The van der Waals surface area contributed by atoms with Gasteiger partial charge in [0.2, 0.25) is 11.8 Å². The highest BCUT2D eigenvalue weighted by Gasteiger charge is 2.30. The Labute approximate surface area is 155 Å². The van der Waals surface area contributed by atoms with E-state index < -0.39 is 17.6 Å². The maximum Gasteiger partial charge on any atom is 0.416 e. The van der Waals surface area contributed by atoms with E-state index in [0.717, 1.165) is 23.8 Å². The molecule has 4 nitrogen and oxygen atoms in total. The lowest BCUT2D eigenvalue weighted by molar-refractivity contribution is -0.137. The average molecular weight is 376 g/mol. The first-order valence-corrected chi connectivity index (χ1v) is 8.28. The van der Waals surface area contributed by atoms with Gasteiger partial charge in [0.15, 0.2) is 0 Å². The minimum Gasteiger partial charge on any atom is -0.354 e. The lowest BCUT2D eigenvalue weighted by Gasteiger charge is -2.07. The van der Waals surface area contributed by atoms with Crippen LogP contribution in [-0.4, -0.2) is 24.9 Å². The Morgan fingerprint density at radius 3 is 2.33 bits per heavy atom. The van der Waals surface area contributed by atoms with Crippen LogP contribution in [0.1, 0.15) is 16.7 Å². The smallest absolute Gasteiger partial charge is 0.354 e. The summed E-state index contributed by atoms with van der Waals surface area (Å²) in [6.45, 7) is 0.473. The number of amides is 2. The number of halogens is 3. The Morgan fingerprint density at radius 1 is 0.926 bits per heavy atom. The zero-order chi connectivity index (χ0) is 19.7. The molecule has 7 heteroatoms. The van der Waals surface area contributed by atoms with Crippen LogP contribution in [-0.2, 0) is 22.2 Å². The Kier molecular flexibility index (Phi) is 7.16. The molecule has 142 valence electrons. The van der Waals surface area contributed by atoms with E-state index in [2.05, 4.69) is 10.6 Å². The number of alkyl halides is 3. The minimum absolute atomic E-state index is 0.157. The van der Waals surface area contributed by atoms with Gasteiger partial charge in [-0.2, -0.15) is 13.2 Å². The van der Waals surface area contributed by atoms with Crippen molar-refractivity contribution in [2.75, 3.05) is 13.1 Å². The van der Waals surface area contributed by atoms with Crippen molar-refractivity contribution in [2.45, 2.75) is 12.6 Å². The van der Waals surface area contributed by atoms with Crippen LogP contribution in [0.25, 0.3) is 6.08 Å². The lowest BCUT2D eigenvalue weighted by Crippen LogP contribution is -2.34. The summed E-state index contributed by atoms with van der Waals surface area (Å²) in [4.78, 5) is 23.5. The SMILES string of the molecule is O=C(/C=C/c1cccc(C(F)(F)F)c1)NCCNC(=O)Cc1ccccc1. The average Bonchev–Trinajstić information content (AvgIpc) is 2.64. The largest absolute Gasteiger partial charge is 0.416 e. The van der Waals surface area contributed by atoms with Crippen LogP contribution in [0.5, 0.6) is 0 Å². The van der Waals surface area contributed by atoms with Crippen molar-refractivity contribution >= 4 is 17.9 Å². The molecule has 0 aromatic heterocycles. The molecule has 0 aliphatic rings. The second-order valence-corrected chi connectivity index (χ2v) is 5.76. The molecular weight excluding hydrogens is 357 g/mol. The molecule has 0 radical (unpaired) electrons. The van der Waals surface area contributed by atoms with Crippen LogP contribution >= 0.6 is 0 Å². The summed E-state index contributed by atoms with van der Waals surface area (Å²) < 4.78 is 37.9. The van der Waals surface area contributed by atoms with E-state index in [-0.39, 0.29) is 31.0 Å². The third-order valence-corrected chi connectivity index (χ3v) is 3.60. The zero-order valence-electron chi connectivity index (χ0n) is 14.4. The summed E-state index contributed by atoms with van der Waals surface area (Å²) in [6.07, 6.45) is -1.71. The van der Waals surface area contributed by atoms with Crippen molar-refractivity contribution < 1.29 is 22.8 Å². The number of nitrogens with one attached hydrogen (secondary N) is 2. The van der Waals surface area contributed by atoms with Crippen molar-refractivity contribution in [3.63, 3.8) is 0 Å². The lowest BCUT2D eigenvalue weighted by atomic mass is 10.1. The second kappa shape index (κ2) is 9.56.